The maximum Gasteiger partial charge on any atom is 0.0595 e. The Kier molecular flexibility index (Phi) is 3.99. The molecule has 0 radical (unpaired) electrons. The van der Waals surface area contributed by atoms with E-state index in [2.05, 4.69) is 35.0 Å². The van der Waals surface area contributed by atoms with Crippen molar-refractivity contribution in [3.8, 4) is 0 Å². The second-order valence-electron chi connectivity index (χ2n) is 4.58. The second-order valence-corrected chi connectivity index (χ2v) is 6.31. The minimum atomic E-state index is 0.112. The zero-order valence-corrected chi connectivity index (χ0v) is 13.2. The average molecular weight is 322 g/mol. The van der Waals surface area contributed by atoms with Crippen LogP contribution in [0.3, 0.4) is 0 Å². The van der Waals surface area contributed by atoms with Gasteiger partial charge in [-0.2, -0.15) is 0 Å². The number of benzene rings is 2. The first kappa shape index (κ1) is 13.9. The van der Waals surface area contributed by atoms with Crippen molar-refractivity contribution in [2.24, 2.45) is 0 Å². The molecule has 0 aliphatic carbocycles. The van der Waals surface area contributed by atoms with Gasteiger partial charge in [0.05, 0.1) is 16.1 Å². The van der Waals surface area contributed by atoms with Crippen molar-refractivity contribution in [1.29, 1.82) is 0 Å². The Hall–Kier alpha value is -1.06. The third-order valence-electron chi connectivity index (χ3n) is 3.39. The van der Waals surface area contributed by atoms with Crippen LogP contribution in [0.2, 0.25) is 10.0 Å². The summed E-state index contributed by atoms with van der Waals surface area (Å²) in [5, 5.41) is 8.02. The molecule has 2 aromatic carbocycles. The molecule has 3 aromatic rings. The molecule has 4 heteroatoms. The monoisotopic (exact) mass is 321 g/mol. The molecule has 0 bridgehead atoms. The van der Waals surface area contributed by atoms with Crippen molar-refractivity contribution in [2.75, 3.05) is 7.05 Å². The van der Waals surface area contributed by atoms with Crippen molar-refractivity contribution >= 4 is 44.6 Å². The highest BCUT2D eigenvalue weighted by Crippen LogP contribution is 2.35. The Balaban J connectivity index is 2.11. The third kappa shape index (κ3) is 2.45. The molecule has 0 aliphatic rings. The van der Waals surface area contributed by atoms with Gasteiger partial charge in [-0.05, 0) is 47.1 Å². The lowest BCUT2D eigenvalue weighted by atomic mass is 9.98. The summed E-state index contributed by atoms with van der Waals surface area (Å²) in [4.78, 5) is 0. The first-order valence-electron chi connectivity index (χ1n) is 6.29. The Morgan fingerprint density at radius 1 is 1.05 bits per heavy atom. The van der Waals surface area contributed by atoms with Crippen molar-refractivity contribution in [2.45, 2.75) is 6.04 Å². The maximum absolute atomic E-state index is 6.14. The molecule has 3 rings (SSSR count). The average Bonchev–Trinajstić information content (AvgIpc) is 2.88. The molecular weight excluding hydrogens is 309 g/mol. The van der Waals surface area contributed by atoms with E-state index in [1.807, 2.05) is 25.2 Å². The molecule has 1 unspecified atom stereocenters. The predicted octanol–water partition coefficient (Wildman–Crippen LogP) is 5.52. The van der Waals surface area contributed by atoms with Gasteiger partial charge in [-0.15, -0.1) is 11.3 Å². The molecule has 0 amide bonds. The van der Waals surface area contributed by atoms with Crippen molar-refractivity contribution in [3.63, 3.8) is 0 Å². The maximum atomic E-state index is 6.14. The second kappa shape index (κ2) is 5.74. The molecule has 1 nitrogen and oxygen atoms in total. The summed E-state index contributed by atoms with van der Waals surface area (Å²) in [7, 11) is 1.96. The van der Waals surface area contributed by atoms with Crippen LogP contribution in [0.4, 0.5) is 0 Å². The normalized spacial score (nSPS) is 12.8. The predicted molar refractivity (Wildman–Crippen MR) is 89.2 cm³/mol. The first-order valence-corrected chi connectivity index (χ1v) is 7.92. The lowest BCUT2D eigenvalue weighted by Gasteiger charge is -2.17. The van der Waals surface area contributed by atoms with E-state index in [0.29, 0.717) is 10.0 Å². The lowest BCUT2D eigenvalue weighted by Crippen LogP contribution is -2.17. The molecule has 0 aliphatic heterocycles. The Morgan fingerprint density at radius 2 is 1.85 bits per heavy atom. The SMILES string of the molecule is CNC(c1ccc(Cl)c(Cl)c1)c1csc2ccccc12. The molecule has 1 aromatic heterocycles. The van der Waals surface area contributed by atoms with Crippen LogP contribution in [0.5, 0.6) is 0 Å². The number of hydrogen-bond donors (Lipinski definition) is 1. The van der Waals surface area contributed by atoms with Crippen molar-refractivity contribution in [3.05, 3.63) is 69.0 Å². The van der Waals surface area contributed by atoms with E-state index in [1.165, 1.54) is 15.6 Å². The van der Waals surface area contributed by atoms with Gasteiger partial charge >= 0.3 is 0 Å². The molecule has 1 heterocycles. The third-order valence-corrected chi connectivity index (χ3v) is 5.11. The van der Waals surface area contributed by atoms with Crippen LogP contribution in [0.1, 0.15) is 17.2 Å². The number of hydrogen-bond acceptors (Lipinski definition) is 2. The zero-order chi connectivity index (χ0) is 14.1. The van der Waals surface area contributed by atoms with Gasteiger partial charge in [-0.3, -0.25) is 0 Å². The molecule has 1 atom stereocenters. The molecule has 1 N–H and O–H groups in total. The van der Waals surface area contributed by atoms with E-state index < -0.39 is 0 Å². The van der Waals surface area contributed by atoms with Gasteiger partial charge in [0.2, 0.25) is 0 Å². The van der Waals surface area contributed by atoms with Gasteiger partial charge in [0, 0.05) is 4.70 Å². The van der Waals surface area contributed by atoms with E-state index in [0.717, 1.165) is 5.56 Å². The topological polar surface area (TPSA) is 12.0 Å². The minimum absolute atomic E-state index is 0.112. The lowest BCUT2D eigenvalue weighted by molar-refractivity contribution is 0.699. The highest BCUT2D eigenvalue weighted by molar-refractivity contribution is 7.17. The Labute approximate surface area is 132 Å². The summed E-state index contributed by atoms with van der Waals surface area (Å²) < 4.78 is 1.29. The molecule has 0 spiro atoms. The van der Waals surface area contributed by atoms with Gasteiger partial charge in [-0.1, -0.05) is 47.5 Å². The van der Waals surface area contributed by atoms with Crippen molar-refractivity contribution in [1.82, 2.24) is 5.32 Å². The molecule has 0 saturated carbocycles. The fourth-order valence-electron chi connectivity index (χ4n) is 2.42. The van der Waals surface area contributed by atoms with E-state index >= 15 is 0 Å². The molecule has 0 saturated heterocycles. The van der Waals surface area contributed by atoms with Crippen LogP contribution in [0.15, 0.2) is 47.8 Å². The molecular formula is C16H13Cl2NS. The van der Waals surface area contributed by atoms with Crippen LogP contribution >= 0.6 is 34.5 Å². The van der Waals surface area contributed by atoms with E-state index in [9.17, 15) is 0 Å². The highest BCUT2D eigenvalue weighted by Gasteiger charge is 2.17. The Morgan fingerprint density at radius 3 is 2.60 bits per heavy atom. The fraction of sp³-hybridized carbons (Fsp3) is 0.125. The van der Waals surface area contributed by atoms with E-state index in [-0.39, 0.29) is 6.04 Å². The molecule has 20 heavy (non-hydrogen) atoms. The summed E-state index contributed by atoms with van der Waals surface area (Å²) in [5.41, 5.74) is 2.39. The summed E-state index contributed by atoms with van der Waals surface area (Å²) >= 11 is 13.9. The minimum Gasteiger partial charge on any atom is -0.309 e. The van der Waals surface area contributed by atoms with Gasteiger partial charge in [0.25, 0.3) is 0 Å². The van der Waals surface area contributed by atoms with Crippen LogP contribution < -0.4 is 5.32 Å². The number of fused-ring (bicyclic) bond motifs is 1. The summed E-state index contributed by atoms with van der Waals surface area (Å²) in [5.74, 6) is 0. The van der Waals surface area contributed by atoms with Gasteiger partial charge in [-0.25, -0.2) is 0 Å². The smallest absolute Gasteiger partial charge is 0.0595 e. The fourth-order valence-corrected chi connectivity index (χ4v) is 3.71. The number of nitrogens with one attached hydrogen (secondary N) is 1. The van der Waals surface area contributed by atoms with Crippen LogP contribution in [-0.4, -0.2) is 7.05 Å². The van der Waals surface area contributed by atoms with Crippen LogP contribution in [0.25, 0.3) is 10.1 Å². The van der Waals surface area contributed by atoms with Crippen LogP contribution in [0, 0.1) is 0 Å². The molecule has 0 fully saturated rings. The van der Waals surface area contributed by atoms with Crippen LogP contribution in [-0.2, 0) is 0 Å². The quantitative estimate of drug-likeness (QED) is 0.670. The largest absolute Gasteiger partial charge is 0.309 e. The summed E-state index contributed by atoms with van der Waals surface area (Å²) in [6.07, 6.45) is 0. The molecule has 102 valence electrons. The van der Waals surface area contributed by atoms with E-state index in [4.69, 9.17) is 23.2 Å². The Bertz CT molecular complexity index is 751. The van der Waals surface area contributed by atoms with Gasteiger partial charge < -0.3 is 5.32 Å². The zero-order valence-electron chi connectivity index (χ0n) is 10.9. The number of halogens is 2. The summed E-state index contributed by atoms with van der Waals surface area (Å²) in [6, 6.07) is 14.3. The van der Waals surface area contributed by atoms with E-state index in [1.54, 1.807) is 11.3 Å². The highest BCUT2D eigenvalue weighted by atomic mass is 35.5. The number of thiophene rings is 1. The summed E-state index contributed by atoms with van der Waals surface area (Å²) in [6.45, 7) is 0. The standard InChI is InChI=1S/C16H13Cl2NS/c1-19-16(10-6-7-13(17)14(18)8-10)12-9-20-15-5-3-2-4-11(12)15/h2-9,16,19H,1H3. The van der Waals surface area contributed by atoms with Gasteiger partial charge in [0.1, 0.15) is 0 Å². The number of rotatable bonds is 3. The first-order chi connectivity index (χ1) is 9.70. The van der Waals surface area contributed by atoms with Gasteiger partial charge in [0.15, 0.2) is 0 Å². The van der Waals surface area contributed by atoms with Crippen molar-refractivity contribution < 1.29 is 0 Å².